The molecule has 0 radical (unpaired) electrons. The molecule has 6 heteroatoms. The van der Waals surface area contributed by atoms with Gasteiger partial charge in [0.2, 0.25) is 5.88 Å². The first kappa shape index (κ1) is 19.9. The predicted octanol–water partition coefficient (Wildman–Crippen LogP) is 6.48. The molecular formula is C24H20ClN3O2. The highest BCUT2D eigenvalue weighted by Gasteiger charge is 2.17. The Morgan fingerprint density at radius 1 is 1.03 bits per heavy atom. The van der Waals surface area contributed by atoms with Crippen molar-refractivity contribution in [2.24, 2.45) is 10.2 Å². The van der Waals surface area contributed by atoms with E-state index in [1.807, 2.05) is 61.5 Å². The van der Waals surface area contributed by atoms with E-state index in [0.717, 1.165) is 22.9 Å². The number of benzene rings is 3. The van der Waals surface area contributed by atoms with Gasteiger partial charge in [0.25, 0.3) is 5.91 Å². The number of aromatic nitrogens is 1. The Morgan fingerprint density at radius 3 is 2.53 bits per heavy atom. The zero-order valence-electron chi connectivity index (χ0n) is 16.4. The van der Waals surface area contributed by atoms with Crippen LogP contribution in [0, 0.1) is 6.92 Å². The summed E-state index contributed by atoms with van der Waals surface area (Å²) in [6.07, 6.45) is 0.752. The van der Waals surface area contributed by atoms with Gasteiger partial charge < -0.3 is 9.67 Å². The van der Waals surface area contributed by atoms with E-state index in [2.05, 4.69) is 10.2 Å². The molecule has 0 bridgehead atoms. The molecule has 0 saturated heterocycles. The highest BCUT2D eigenvalue weighted by atomic mass is 35.5. The summed E-state index contributed by atoms with van der Waals surface area (Å²) in [5.41, 5.74) is 3.50. The Kier molecular flexibility index (Phi) is 5.63. The van der Waals surface area contributed by atoms with Gasteiger partial charge in [-0.3, -0.25) is 4.79 Å². The van der Waals surface area contributed by atoms with Crippen LogP contribution in [0.25, 0.3) is 10.9 Å². The Bertz CT molecular complexity index is 1250. The van der Waals surface area contributed by atoms with Gasteiger partial charge in [0.05, 0.1) is 16.1 Å². The molecule has 1 heterocycles. The lowest BCUT2D eigenvalue weighted by Gasteiger charge is -2.07. The molecule has 0 unspecified atom stereocenters. The molecule has 0 saturated carbocycles. The number of azo groups is 1. The normalized spacial score (nSPS) is 11.4. The van der Waals surface area contributed by atoms with Crippen LogP contribution >= 0.6 is 11.6 Å². The monoisotopic (exact) mass is 417 g/mol. The molecule has 30 heavy (non-hydrogen) atoms. The maximum Gasteiger partial charge on any atom is 0.296 e. The van der Waals surface area contributed by atoms with E-state index in [1.54, 1.807) is 22.8 Å². The molecule has 0 aliphatic heterocycles. The number of fused-ring (bicyclic) bond motifs is 1. The fraction of sp³-hybridized carbons (Fsp3) is 0.125. The van der Waals surface area contributed by atoms with E-state index in [4.69, 9.17) is 11.6 Å². The van der Waals surface area contributed by atoms with Gasteiger partial charge in [-0.25, -0.2) is 0 Å². The van der Waals surface area contributed by atoms with Gasteiger partial charge >= 0.3 is 0 Å². The third kappa shape index (κ3) is 3.98. The van der Waals surface area contributed by atoms with E-state index in [-0.39, 0.29) is 17.1 Å². The molecule has 1 N–H and O–H groups in total. The van der Waals surface area contributed by atoms with Gasteiger partial charge in [-0.15, -0.1) is 10.2 Å². The molecule has 1 aromatic heterocycles. The van der Waals surface area contributed by atoms with Gasteiger partial charge in [-0.05, 0) is 42.7 Å². The van der Waals surface area contributed by atoms with Gasteiger partial charge in [-0.1, -0.05) is 66.2 Å². The van der Waals surface area contributed by atoms with Crippen molar-refractivity contribution in [3.8, 4) is 5.88 Å². The minimum Gasteiger partial charge on any atom is -0.493 e. The zero-order valence-corrected chi connectivity index (χ0v) is 17.2. The van der Waals surface area contributed by atoms with Crippen molar-refractivity contribution in [2.75, 3.05) is 0 Å². The largest absolute Gasteiger partial charge is 0.493 e. The number of aromatic hydroxyl groups is 1. The van der Waals surface area contributed by atoms with Crippen molar-refractivity contribution in [3.05, 3.63) is 94.5 Å². The Hall–Kier alpha value is -3.44. The number of carbonyl (C=O) groups excluding carboxylic acids is 1. The van der Waals surface area contributed by atoms with Crippen LogP contribution in [-0.2, 0) is 13.0 Å². The van der Waals surface area contributed by atoms with Crippen molar-refractivity contribution < 1.29 is 9.90 Å². The quantitative estimate of drug-likeness (QED) is 0.378. The van der Waals surface area contributed by atoms with E-state index in [0.29, 0.717) is 11.6 Å². The van der Waals surface area contributed by atoms with Gasteiger partial charge in [-0.2, -0.15) is 0 Å². The fourth-order valence-corrected chi connectivity index (χ4v) is 3.74. The van der Waals surface area contributed by atoms with Crippen LogP contribution in [0.15, 0.2) is 83.0 Å². The second kappa shape index (κ2) is 8.51. The van der Waals surface area contributed by atoms with E-state index < -0.39 is 5.91 Å². The summed E-state index contributed by atoms with van der Waals surface area (Å²) in [7, 11) is 0. The molecule has 4 rings (SSSR count). The van der Waals surface area contributed by atoms with E-state index in [1.165, 1.54) is 5.56 Å². The molecule has 0 aliphatic rings. The van der Waals surface area contributed by atoms with E-state index in [9.17, 15) is 9.90 Å². The van der Waals surface area contributed by atoms with Crippen LogP contribution in [0.2, 0.25) is 5.02 Å². The van der Waals surface area contributed by atoms with Crippen LogP contribution in [0.4, 0.5) is 5.69 Å². The van der Waals surface area contributed by atoms with E-state index >= 15 is 0 Å². The number of halogens is 1. The third-order valence-corrected chi connectivity index (χ3v) is 5.29. The zero-order chi connectivity index (χ0) is 21.1. The second-order valence-corrected chi connectivity index (χ2v) is 7.47. The average Bonchev–Trinajstić information content (AvgIpc) is 3.02. The first-order valence-electron chi connectivity index (χ1n) is 9.61. The van der Waals surface area contributed by atoms with Crippen molar-refractivity contribution >= 4 is 34.1 Å². The summed E-state index contributed by atoms with van der Waals surface area (Å²) in [5, 5.41) is 19.8. The molecule has 150 valence electrons. The van der Waals surface area contributed by atoms with Crippen LogP contribution in [0.3, 0.4) is 0 Å². The molecular weight excluding hydrogens is 398 g/mol. The smallest absolute Gasteiger partial charge is 0.296 e. The molecule has 1 amide bonds. The first-order valence-corrected chi connectivity index (χ1v) is 9.98. The molecule has 0 spiro atoms. The Balaban J connectivity index is 1.66. The summed E-state index contributed by atoms with van der Waals surface area (Å²) < 4.78 is 1.79. The van der Waals surface area contributed by atoms with Gasteiger partial charge in [0, 0.05) is 11.9 Å². The van der Waals surface area contributed by atoms with Crippen LogP contribution in [-0.4, -0.2) is 15.6 Å². The van der Waals surface area contributed by atoms with Crippen LogP contribution in [0.1, 0.15) is 21.5 Å². The molecule has 3 aromatic carbocycles. The first-order chi connectivity index (χ1) is 14.5. The van der Waals surface area contributed by atoms with Crippen molar-refractivity contribution in [1.82, 2.24) is 4.57 Å². The molecule has 0 aliphatic carbocycles. The second-order valence-electron chi connectivity index (χ2n) is 7.07. The number of para-hydroxylation sites is 1. The van der Waals surface area contributed by atoms with Crippen LogP contribution in [0.5, 0.6) is 5.88 Å². The number of hydrogen-bond acceptors (Lipinski definition) is 3. The third-order valence-electron chi connectivity index (χ3n) is 4.98. The molecule has 4 aromatic rings. The lowest BCUT2D eigenvalue weighted by molar-refractivity contribution is 0.0995. The summed E-state index contributed by atoms with van der Waals surface area (Å²) in [6, 6.07) is 22.7. The SMILES string of the molecule is Cc1ccc(C(=O)N=Nc2c(O)n(CCc3ccccc3)c3ccccc23)c(Cl)c1. The standard InChI is InChI=1S/C24H20ClN3O2/c1-16-11-12-18(20(25)15-16)23(29)27-26-22-19-9-5-6-10-21(19)28(24(22)30)14-13-17-7-3-2-4-8-17/h2-12,15,30H,13-14H2,1H3. The van der Waals surface area contributed by atoms with Gasteiger partial charge in [0.15, 0.2) is 5.69 Å². The number of carbonyl (C=O) groups is 1. The average molecular weight is 418 g/mol. The van der Waals surface area contributed by atoms with Gasteiger partial charge in [0.1, 0.15) is 0 Å². The molecule has 5 nitrogen and oxygen atoms in total. The topological polar surface area (TPSA) is 66.9 Å². The number of hydrogen-bond donors (Lipinski definition) is 1. The highest BCUT2D eigenvalue weighted by Crippen LogP contribution is 2.39. The fourth-order valence-electron chi connectivity index (χ4n) is 3.43. The summed E-state index contributed by atoms with van der Waals surface area (Å²) in [4.78, 5) is 12.5. The van der Waals surface area contributed by atoms with Crippen molar-refractivity contribution in [2.45, 2.75) is 19.9 Å². The minimum absolute atomic E-state index is 0.0151. The minimum atomic E-state index is -0.555. The summed E-state index contributed by atoms with van der Waals surface area (Å²) >= 11 is 6.16. The highest BCUT2D eigenvalue weighted by molar-refractivity contribution is 6.33. The molecule has 0 atom stereocenters. The molecule has 0 fully saturated rings. The maximum absolute atomic E-state index is 12.5. The van der Waals surface area contributed by atoms with Crippen LogP contribution < -0.4 is 0 Å². The number of aryl methyl sites for hydroxylation is 3. The Morgan fingerprint density at radius 2 is 1.77 bits per heavy atom. The maximum atomic E-state index is 12.5. The summed E-state index contributed by atoms with van der Waals surface area (Å²) in [5.74, 6) is -0.570. The predicted molar refractivity (Wildman–Crippen MR) is 119 cm³/mol. The Labute approximate surface area is 179 Å². The lowest BCUT2D eigenvalue weighted by Crippen LogP contribution is -2.00. The lowest BCUT2D eigenvalue weighted by atomic mass is 10.1. The number of nitrogens with zero attached hydrogens (tertiary/aromatic N) is 3. The summed E-state index contributed by atoms with van der Waals surface area (Å²) in [6.45, 7) is 2.47. The van der Waals surface area contributed by atoms with Crippen molar-refractivity contribution in [3.63, 3.8) is 0 Å². The van der Waals surface area contributed by atoms with Crippen molar-refractivity contribution in [1.29, 1.82) is 0 Å². The number of amides is 1. The number of rotatable bonds is 5.